The van der Waals surface area contributed by atoms with E-state index in [1.807, 2.05) is 26.0 Å². The highest BCUT2D eigenvalue weighted by Crippen LogP contribution is 2.23. The smallest absolute Gasteiger partial charge is 0.263 e. The molecule has 2 heterocycles. The largest absolute Gasteiger partial charge is 0.358 e. The third kappa shape index (κ3) is 3.87. The molecule has 4 aromatic rings. The number of rotatable bonds is 5. The second-order valence-electron chi connectivity index (χ2n) is 6.56. The average molecular weight is 427 g/mol. The van der Waals surface area contributed by atoms with Gasteiger partial charge in [-0.1, -0.05) is 0 Å². The summed E-state index contributed by atoms with van der Waals surface area (Å²) >= 11 is 1.20. The molecular formula is C20H18N4O3S2. The number of amides is 1. The maximum Gasteiger partial charge on any atom is 0.263 e. The number of carbonyl (C=O) groups excluding carboxylic acids is 1. The molecule has 0 spiro atoms. The Balaban J connectivity index is 1.51. The van der Waals surface area contributed by atoms with Crippen molar-refractivity contribution in [3.05, 3.63) is 70.9 Å². The van der Waals surface area contributed by atoms with E-state index in [0.717, 1.165) is 22.2 Å². The molecule has 0 saturated heterocycles. The summed E-state index contributed by atoms with van der Waals surface area (Å²) in [6, 6.07) is 11.5. The molecule has 1 amide bonds. The highest BCUT2D eigenvalue weighted by Gasteiger charge is 2.16. The zero-order valence-corrected chi connectivity index (χ0v) is 17.3. The van der Waals surface area contributed by atoms with Crippen molar-refractivity contribution in [1.29, 1.82) is 0 Å². The van der Waals surface area contributed by atoms with Crippen LogP contribution >= 0.6 is 11.3 Å². The second-order valence-corrected chi connectivity index (χ2v) is 9.13. The summed E-state index contributed by atoms with van der Waals surface area (Å²) < 4.78 is 27.2. The van der Waals surface area contributed by atoms with Crippen LogP contribution < -0.4 is 10.0 Å². The van der Waals surface area contributed by atoms with Gasteiger partial charge in [0.15, 0.2) is 5.13 Å². The molecule has 0 aliphatic rings. The first-order chi connectivity index (χ1) is 13.8. The molecule has 0 fully saturated rings. The highest BCUT2D eigenvalue weighted by molar-refractivity contribution is 7.93. The molecule has 0 bridgehead atoms. The number of hydrogen-bond acceptors (Lipinski definition) is 5. The number of thiazole rings is 1. The maximum absolute atomic E-state index is 12.6. The first-order valence-corrected chi connectivity index (χ1v) is 11.1. The topological polar surface area (TPSA) is 104 Å². The van der Waals surface area contributed by atoms with Crippen molar-refractivity contribution >= 4 is 49.0 Å². The first-order valence-electron chi connectivity index (χ1n) is 8.76. The van der Waals surface area contributed by atoms with Gasteiger partial charge in [0.05, 0.1) is 4.90 Å². The number of anilines is 2. The standard InChI is InChI=1S/C20H18N4O3S2/c1-12-13(2)22-18-8-3-14(11-17(12)18)19(25)23-15-4-6-16(7-5-15)29(26,27)24-20-21-9-10-28-20/h3-11,22H,1-2H3,(H,21,24)(H,23,25). The molecule has 9 heteroatoms. The fourth-order valence-corrected chi connectivity index (χ4v) is 4.76. The Morgan fingerprint density at radius 2 is 1.86 bits per heavy atom. The van der Waals surface area contributed by atoms with Crippen molar-refractivity contribution in [3.8, 4) is 0 Å². The number of sulfonamides is 1. The maximum atomic E-state index is 12.6. The molecule has 3 N–H and O–H groups in total. The van der Waals surface area contributed by atoms with E-state index in [2.05, 4.69) is 20.0 Å². The van der Waals surface area contributed by atoms with Gasteiger partial charge >= 0.3 is 0 Å². The summed E-state index contributed by atoms with van der Waals surface area (Å²) in [4.78, 5) is 19.9. The molecule has 0 saturated carbocycles. The van der Waals surface area contributed by atoms with E-state index >= 15 is 0 Å². The number of carbonyl (C=O) groups is 1. The van der Waals surface area contributed by atoms with Crippen molar-refractivity contribution < 1.29 is 13.2 Å². The Labute approximate surface area is 171 Å². The Bertz CT molecular complexity index is 1290. The van der Waals surface area contributed by atoms with Crippen LogP contribution in [0.4, 0.5) is 10.8 Å². The number of aromatic nitrogens is 2. The zero-order chi connectivity index (χ0) is 20.6. The van der Waals surface area contributed by atoms with E-state index in [-0.39, 0.29) is 10.8 Å². The molecule has 0 atom stereocenters. The fourth-order valence-electron chi connectivity index (χ4n) is 2.97. The van der Waals surface area contributed by atoms with Gasteiger partial charge in [0, 0.05) is 39.4 Å². The minimum atomic E-state index is -3.73. The van der Waals surface area contributed by atoms with Gasteiger partial charge in [-0.15, -0.1) is 11.3 Å². The van der Waals surface area contributed by atoms with Crippen LogP contribution in [-0.4, -0.2) is 24.3 Å². The van der Waals surface area contributed by atoms with Gasteiger partial charge in [-0.2, -0.15) is 0 Å². The normalized spacial score (nSPS) is 11.5. The number of fused-ring (bicyclic) bond motifs is 1. The molecule has 0 aliphatic heterocycles. The molecule has 2 aromatic carbocycles. The van der Waals surface area contributed by atoms with Gasteiger partial charge in [0.1, 0.15) is 0 Å². The minimum Gasteiger partial charge on any atom is -0.358 e. The molecule has 29 heavy (non-hydrogen) atoms. The van der Waals surface area contributed by atoms with Crippen LogP contribution in [0.15, 0.2) is 58.9 Å². The van der Waals surface area contributed by atoms with Gasteiger partial charge in [-0.3, -0.25) is 9.52 Å². The van der Waals surface area contributed by atoms with Crippen molar-refractivity contribution in [2.45, 2.75) is 18.7 Å². The minimum absolute atomic E-state index is 0.0885. The Morgan fingerprint density at radius 1 is 1.10 bits per heavy atom. The summed E-state index contributed by atoms with van der Waals surface area (Å²) in [5.41, 5.74) is 4.20. The molecule has 2 aromatic heterocycles. The molecule has 0 aliphatic carbocycles. The van der Waals surface area contributed by atoms with Gasteiger partial charge in [-0.25, -0.2) is 13.4 Å². The molecule has 7 nitrogen and oxygen atoms in total. The van der Waals surface area contributed by atoms with Crippen LogP contribution in [0.25, 0.3) is 10.9 Å². The van der Waals surface area contributed by atoms with Crippen LogP contribution in [0.2, 0.25) is 0 Å². The number of hydrogen-bond donors (Lipinski definition) is 3. The highest BCUT2D eigenvalue weighted by atomic mass is 32.2. The van der Waals surface area contributed by atoms with Gasteiger partial charge in [0.2, 0.25) is 0 Å². The summed E-state index contributed by atoms with van der Waals surface area (Å²) in [5, 5.41) is 5.79. The Kier molecular flexibility index (Phi) is 4.85. The lowest BCUT2D eigenvalue weighted by Gasteiger charge is -2.08. The zero-order valence-electron chi connectivity index (χ0n) is 15.7. The summed E-state index contributed by atoms with van der Waals surface area (Å²) in [6.45, 7) is 4.00. The Morgan fingerprint density at radius 3 is 2.55 bits per heavy atom. The van der Waals surface area contributed by atoms with Crippen LogP contribution in [0, 0.1) is 13.8 Å². The Hall–Kier alpha value is -3.17. The number of benzene rings is 2. The van der Waals surface area contributed by atoms with Crippen molar-refractivity contribution in [3.63, 3.8) is 0 Å². The van der Waals surface area contributed by atoms with Crippen LogP contribution in [0.3, 0.4) is 0 Å². The van der Waals surface area contributed by atoms with Crippen molar-refractivity contribution in [1.82, 2.24) is 9.97 Å². The average Bonchev–Trinajstić information content (AvgIpc) is 3.29. The number of nitrogens with one attached hydrogen (secondary N) is 3. The van der Waals surface area contributed by atoms with E-state index in [1.54, 1.807) is 23.6 Å². The number of nitrogens with zero attached hydrogens (tertiary/aromatic N) is 1. The lowest BCUT2D eigenvalue weighted by Crippen LogP contribution is -2.14. The second kappa shape index (κ2) is 7.34. The summed E-state index contributed by atoms with van der Waals surface area (Å²) in [7, 11) is -3.73. The quantitative estimate of drug-likeness (QED) is 0.443. The number of H-pyrrole nitrogens is 1. The van der Waals surface area contributed by atoms with Crippen molar-refractivity contribution in [2.75, 3.05) is 10.0 Å². The monoisotopic (exact) mass is 426 g/mol. The number of aromatic amines is 1. The third-order valence-corrected chi connectivity index (χ3v) is 6.82. The fraction of sp³-hybridized carbons (Fsp3) is 0.100. The van der Waals surface area contributed by atoms with Gasteiger partial charge in [-0.05, 0) is 61.9 Å². The number of aryl methyl sites for hydroxylation is 2. The van der Waals surface area contributed by atoms with Crippen molar-refractivity contribution in [2.24, 2.45) is 0 Å². The molecule has 4 rings (SSSR count). The van der Waals surface area contributed by atoms with E-state index in [4.69, 9.17) is 0 Å². The van der Waals surface area contributed by atoms with E-state index < -0.39 is 10.0 Å². The first kappa shape index (κ1) is 19.2. The predicted octanol–water partition coefficient (Wildman–Crippen LogP) is 4.29. The molecular weight excluding hydrogens is 408 g/mol. The van der Waals surface area contributed by atoms with Crippen LogP contribution in [0.1, 0.15) is 21.6 Å². The lowest BCUT2D eigenvalue weighted by molar-refractivity contribution is 0.102. The third-order valence-electron chi connectivity index (χ3n) is 4.65. The van der Waals surface area contributed by atoms with E-state index in [0.29, 0.717) is 16.4 Å². The van der Waals surface area contributed by atoms with Gasteiger partial charge in [0.25, 0.3) is 15.9 Å². The van der Waals surface area contributed by atoms with E-state index in [9.17, 15) is 13.2 Å². The molecule has 0 radical (unpaired) electrons. The summed E-state index contributed by atoms with van der Waals surface area (Å²) in [5.74, 6) is -0.262. The van der Waals surface area contributed by atoms with E-state index in [1.165, 1.54) is 29.7 Å². The summed E-state index contributed by atoms with van der Waals surface area (Å²) in [6.07, 6.45) is 1.52. The molecule has 0 unspecified atom stereocenters. The molecule has 148 valence electrons. The SMILES string of the molecule is Cc1[nH]c2ccc(C(=O)Nc3ccc(S(=O)(=O)Nc4nccs4)cc3)cc2c1C. The predicted molar refractivity (Wildman–Crippen MR) is 115 cm³/mol. The lowest BCUT2D eigenvalue weighted by atomic mass is 10.1. The van der Waals surface area contributed by atoms with Crippen LogP contribution in [0.5, 0.6) is 0 Å². The van der Waals surface area contributed by atoms with Crippen LogP contribution in [-0.2, 0) is 10.0 Å². The van der Waals surface area contributed by atoms with Gasteiger partial charge < -0.3 is 10.3 Å².